The summed E-state index contributed by atoms with van der Waals surface area (Å²) in [5.74, 6) is -0.0769. The zero-order valence-electron chi connectivity index (χ0n) is 14.7. The molecule has 1 aliphatic heterocycles. The van der Waals surface area contributed by atoms with E-state index >= 15 is 0 Å². The van der Waals surface area contributed by atoms with Crippen LogP contribution in [0.3, 0.4) is 0 Å². The minimum Gasteiger partial charge on any atom is -0.349 e. The van der Waals surface area contributed by atoms with E-state index < -0.39 is 10.0 Å². The molecule has 1 aliphatic carbocycles. The summed E-state index contributed by atoms with van der Waals surface area (Å²) in [6.07, 6.45) is 3.05. The number of hydrogen-bond acceptors (Lipinski definition) is 4. The van der Waals surface area contributed by atoms with E-state index in [1.807, 2.05) is 12.1 Å². The largest absolute Gasteiger partial charge is 0.349 e. The molecule has 1 N–H and O–H groups in total. The first-order valence-corrected chi connectivity index (χ1v) is 12.1. The summed E-state index contributed by atoms with van der Waals surface area (Å²) in [4.78, 5) is 12.7. The second kappa shape index (κ2) is 7.66. The van der Waals surface area contributed by atoms with Crippen LogP contribution in [0.1, 0.15) is 36.4 Å². The molecule has 0 spiro atoms. The van der Waals surface area contributed by atoms with Crippen molar-refractivity contribution in [3.63, 3.8) is 0 Å². The molecule has 1 fully saturated rings. The van der Waals surface area contributed by atoms with Gasteiger partial charge in [-0.05, 0) is 64.9 Å². The summed E-state index contributed by atoms with van der Waals surface area (Å²) in [5, 5.41) is 3.18. The van der Waals surface area contributed by atoms with Crippen molar-refractivity contribution in [3.8, 4) is 0 Å². The quantitative estimate of drug-likeness (QED) is 0.743. The van der Waals surface area contributed by atoms with Crippen LogP contribution >= 0.6 is 27.3 Å². The fraction of sp³-hybridized carbons (Fsp3) is 0.421. The second-order valence-electron chi connectivity index (χ2n) is 7.04. The molecule has 0 saturated carbocycles. The number of aryl methyl sites for hydroxylation is 1. The highest BCUT2D eigenvalue weighted by Gasteiger charge is 2.34. The maximum atomic E-state index is 12.7. The lowest BCUT2D eigenvalue weighted by molar-refractivity contribution is -0.126. The highest BCUT2D eigenvalue weighted by atomic mass is 79.9. The van der Waals surface area contributed by atoms with Crippen LogP contribution in [0.2, 0.25) is 0 Å². The predicted octanol–water partition coefficient (Wildman–Crippen LogP) is 3.72. The summed E-state index contributed by atoms with van der Waals surface area (Å²) in [6, 6.07) is 11.7. The van der Waals surface area contributed by atoms with Crippen molar-refractivity contribution in [1.29, 1.82) is 0 Å². The van der Waals surface area contributed by atoms with Crippen LogP contribution in [0.4, 0.5) is 0 Å². The van der Waals surface area contributed by atoms with E-state index in [9.17, 15) is 13.2 Å². The Balaban J connectivity index is 1.36. The number of benzene rings is 1. The lowest BCUT2D eigenvalue weighted by Gasteiger charge is -2.30. The first-order chi connectivity index (χ1) is 12.9. The van der Waals surface area contributed by atoms with Crippen LogP contribution < -0.4 is 5.32 Å². The van der Waals surface area contributed by atoms with Crippen LogP contribution in [-0.4, -0.2) is 31.7 Å². The zero-order chi connectivity index (χ0) is 19.0. The van der Waals surface area contributed by atoms with Crippen LogP contribution in [0, 0.1) is 5.92 Å². The molecule has 1 amide bonds. The number of piperidine rings is 1. The molecule has 1 saturated heterocycles. The summed E-state index contributed by atoms with van der Waals surface area (Å²) in [7, 11) is -3.46. The van der Waals surface area contributed by atoms with Crippen molar-refractivity contribution in [1.82, 2.24) is 9.62 Å². The molecule has 1 aromatic heterocycles. The van der Waals surface area contributed by atoms with Gasteiger partial charge in [0.2, 0.25) is 5.91 Å². The molecule has 2 aliphatic rings. The maximum Gasteiger partial charge on any atom is 0.252 e. The minimum absolute atomic E-state index is 0.0487. The minimum atomic E-state index is -3.46. The van der Waals surface area contributed by atoms with Gasteiger partial charge in [0, 0.05) is 19.0 Å². The number of fused-ring (bicyclic) bond motifs is 1. The molecular weight excluding hydrogens is 448 g/mol. The highest BCUT2D eigenvalue weighted by Crippen LogP contribution is 2.33. The van der Waals surface area contributed by atoms with Gasteiger partial charge in [-0.3, -0.25) is 4.79 Å². The van der Waals surface area contributed by atoms with Gasteiger partial charge in [0.15, 0.2) is 0 Å². The lowest BCUT2D eigenvalue weighted by atomic mass is 9.96. The van der Waals surface area contributed by atoms with E-state index in [0.29, 0.717) is 30.1 Å². The molecule has 4 rings (SSSR count). The SMILES string of the molecule is O=C(NC1CCc2ccccc21)C1CCN(S(=O)(=O)c2ccc(Br)s2)CC1. The first-order valence-electron chi connectivity index (χ1n) is 9.09. The van der Waals surface area contributed by atoms with E-state index in [4.69, 9.17) is 0 Å². The molecule has 1 unspecified atom stereocenters. The number of carbonyl (C=O) groups excluding carboxylic acids is 1. The number of halogens is 1. The second-order valence-corrected chi connectivity index (χ2v) is 11.7. The number of sulfonamides is 1. The molecule has 1 aromatic carbocycles. The Morgan fingerprint density at radius 3 is 2.56 bits per heavy atom. The third-order valence-electron chi connectivity index (χ3n) is 5.42. The monoisotopic (exact) mass is 468 g/mol. The van der Waals surface area contributed by atoms with Gasteiger partial charge in [-0.15, -0.1) is 11.3 Å². The van der Waals surface area contributed by atoms with Gasteiger partial charge in [-0.25, -0.2) is 8.42 Å². The van der Waals surface area contributed by atoms with Crippen LogP contribution in [-0.2, 0) is 21.2 Å². The molecule has 5 nitrogen and oxygen atoms in total. The Hall–Kier alpha value is -1.22. The van der Waals surface area contributed by atoms with Crippen molar-refractivity contribution in [2.75, 3.05) is 13.1 Å². The standard InChI is InChI=1S/C19H21BrN2O3S2/c20-17-7-8-18(26-17)27(24,25)22-11-9-14(10-12-22)19(23)21-16-6-5-13-3-1-2-4-15(13)16/h1-4,7-8,14,16H,5-6,9-12H2,(H,21,23). The number of rotatable bonds is 4. The number of carbonyl (C=O) groups is 1. The normalized spacial score (nSPS) is 21.1. The fourth-order valence-electron chi connectivity index (χ4n) is 3.92. The van der Waals surface area contributed by atoms with Gasteiger partial charge in [-0.1, -0.05) is 24.3 Å². The van der Waals surface area contributed by atoms with E-state index in [2.05, 4.69) is 33.4 Å². The van der Waals surface area contributed by atoms with Gasteiger partial charge >= 0.3 is 0 Å². The summed E-state index contributed by atoms with van der Waals surface area (Å²) >= 11 is 4.53. The van der Waals surface area contributed by atoms with Gasteiger partial charge in [0.25, 0.3) is 10.0 Å². The molecule has 0 bridgehead atoms. The van der Waals surface area contributed by atoms with Crippen molar-refractivity contribution in [2.45, 2.75) is 35.9 Å². The van der Waals surface area contributed by atoms with Gasteiger partial charge in [-0.2, -0.15) is 4.31 Å². The number of nitrogens with zero attached hydrogens (tertiary/aromatic N) is 1. The van der Waals surface area contributed by atoms with E-state index in [0.717, 1.165) is 16.6 Å². The van der Waals surface area contributed by atoms with Gasteiger partial charge in [0.05, 0.1) is 9.83 Å². The summed E-state index contributed by atoms with van der Waals surface area (Å²) in [5.41, 5.74) is 2.53. The number of amides is 1. The Bertz CT molecular complexity index is 949. The fourth-order valence-corrected chi connectivity index (χ4v) is 7.55. The molecule has 144 valence electrons. The third kappa shape index (κ3) is 3.85. The number of thiophene rings is 1. The molecule has 27 heavy (non-hydrogen) atoms. The lowest BCUT2D eigenvalue weighted by Crippen LogP contribution is -2.43. The predicted molar refractivity (Wildman–Crippen MR) is 109 cm³/mol. The Labute approximate surface area is 172 Å². The maximum absolute atomic E-state index is 12.7. The molecule has 2 aromatic rings. The van der Waals surface area contributed by atoms with Crippen molar-refractivity contribution >= 4 is 43.2 Å². The highest BCUT2D eigenvalue weighted by molar-refractivity contribution is 9.11. The Morgan fingerprint density at radius 2 is 1.85 bits per heavy atom. The molecule has 1 atom stereocenters. The van der Waals surface area contributed by atoms with E-state index in [1.165, 1.54) is 26.8 Å². The van der Waals surface area contributed by atoms with Gasteiger partial charge in [0.1, 0.15) is 4.21 Å². The van der Waals surface area contributed by atoms with Crippen LogP contribution in [0.15, 0.2) is 44.4 Å². The molecule has 2 heterocycles. The van der Waals surface area contributed by atoms with Crippen LogP contribution in [0.5, 0.6) is 0 Å². The number of nitrogens with one attached hydrogen (secondary N) is 1. The first kappa shape index (κ1) is 19.1. The Morgan fingerprint density at radius 1 is 1.11 bits per heavy atom. The van der Waals surface area contributed by atoms with E-state index in [-0.39, 0.29) is 17.9 Å². The number of hydrogen-bond donors (Lipinski definition) is 1. The summed E-state index contributed by atoms with van der Waals surface area (Å²) < 4.78 is 28.1. The summed E-state index contributed by atoms with van der Waals surface area (Å²) in [6.45, 7) is 0.772. The molecular formula is C19H21BrN2O3S2. The van der Waals surface area contributed by atoms with E-state index in [1.54, 1.807) is 12.1 Å². The average molecular weight is 469 g/mol. The Kier molecular flexibility index (Phi) is 5.42. The average Bonchev–Trinajstić information content (AvgIpc) is 3.29. The van der Waals surface area contributed by atoms with Crippen molar-refractivity contribution in [2.24, 2.45) is 5.92 Å². The molecule has 0 radical (unpaired) electrons. The topological polar surface area (TPSA) is 66.5 Å². The van der Waals surface area contributed by atoms with Gasteiger partial charge < -0.3 is 5.32 Å². The molecule has 8 heteroatoms. The third-order valence-corrected chi connectivity index (χ3v) is 9.41. The zero-order valence-corrected chi connectivity index (χ0v) is 17.9. The van der Waals surface area contributed by atoms with Crippen molar-refractivity contribution < 1.29 is 13.2 Å². The van der Waals surface area contributed by atoms with Crippen LogP contribution in [0.25, 0.3) is 0 Å². The smallest absolute Gasteiger partial charge is 0.252 e. The van der Waals surface area contributed by atoms with Crippen molar-refractivity contribution in [3.05, 3.63) is 51.3 Å².